The first-order valence-corrected chi connectivity index (χ1v) is 12.7. The van der Waals surface area contributed by atoms with Gasteiger partial charge in [-0.2, -0.15) is 18.2 Å². The summed E-state index contributed by atoms with van der Waals surface area (Å²) in [5.41, 5.74) is 4.63. The van der Waals surface area contributed by atoms with Gasteiger partial charge in [0.15, 0.2) is 0 Å². The molecule has 4 rings (SSSR count). The lowest BCUT2D eigenvalue weighted by Crippen LogP contribution is -2.49. The number of sulfonamides is 1. The summed E-state index contributed by atoms with van der Waals surface area (Å²) < 4.78 is 73.1. The number of hydrogen-bond acceptors (Lipinski definition) is 5. The first-order chi connectivity index (χ1) is 17.6. The van der Waals surface area contributed by atoms with Crippen molar-refractivity contribution in [3.8, 4) is 17.1 Å². The minimum atomic E-state index is -4.49. The SMILES string of the molecule is CC1(C)CN(S(=O)(=O)c2ccc(/C(N)=N/C(=O)O)c(Cl)c2)c2ccc(-c3ccc(C(F)(F)F)cc3)nc2O1. The maximum Gasteiger partial charge on any atom is 0.433 e. The van der Waals surface area contributed by atoms with Crippen LogP contribution in [0.1, 0.15) is 25.0 Å². The number of carbonyl (C=O) groups is 1. The van der Waals surface area contributed by atoms with Gasteiger partial charge >= 0.3 is 12.3 Å². The number of nitrogens with zero attached hydrogens (tertiary/aromatic N) is 3. The molecule has 0 aliphatic carbocycles. The van der Waals surface area contributed by atoms with Crippen LogP contribution in [0.2, 0.25) is 5.02 Å². The molecule has 1 amide bonds. The molecule has 3 aromatic rings. The van der Waals surface area contributed by atoms with Crippen LogP contribution in [0.5, 0.6) is 5.88 Å². The number of fused-ring (bicyclic) bond motifs is 1. The molecule has 0 bridgehead atoms. The number of ether oxygens (including phenoxy) is 1. The summed E-state index contributed by atoms with van der Waals surface area (Å²) >= 11 is 6.19. The van der Waals surface area contributed by atoms with E-state index in [1.807, 2.05) is 0 Å². The van der Waals surface area contributed by atoms with Crippen LogP contribution in [-0.2, 0) is 16.2 Å². The number of alkyl halides is 3. The summed E-state index contributed by atoms with van der Waals surface area (Å²) in [6, 6.07) is 10.9. The van der Waals surface area contributed by atoms with Gasteiger partial charge in [0.05, 0.1) is 27.7 Å². The van der Waals surface area contributed by atoms with Crippen molar-refractivity contribution in [1.29, 1.82) is 0 Å². The lowest BCUT2D eigenvalue weighted by molar-refractivity contribution is -0.137. The molecule has 0 unspecified atom stereocenters. The van der Waals surface area contributed by atoms with Crippen LogP contribution in [0.4, 0.5) is 23.7 Å². The third kappa shape index (κ3) is 5.38. The normalized spacial score (nSPS) is 15.5. The number of hydrogen-bond donors (Lipinski definition) is 2. The highest BCUT2D eigenvalue weighted by Gasteiger charge is 2.40. The molecule has 1 aliphatic rings. The lowest BCUT2D eigenvalue weighted by Gasteiger charge is -2.39. The molecule has 3 N–H and O–H groups in total. The number of aliphatic imine (C=N–C) groups is 1. The van der Waals surface area contributed by atoms with E-state index in [4.69, 9.17) is 27.2 Å². The Morgan fingerprint density at radius 1 is 1.16 bits per heavy atom. The Balaban J connectivity index is 1.74. The molecule has 200 valence electrons. The van der Waals surface area contributed by atoms with Crippen molar-refractivity contribution >= 4 is 39.2 Å². The van der Waals surface area contributed by atoms with E-state index in [2.05, 4.69) is 9.98 Å². The van der Waals surface area contributed by atoms with Gasteiger partial charge in [0.25, 0.3) is 10.0 Å². The molecule has 1 aromatic heterocycles. The van der Waals surface area contributed by atoms with Crippen LogP contribution in [0, 0.1) is 0 Å². The summed E-state index contributed by atoms with van der Waals surface area (Å²) in [5.74, 6) is -0.424. The topological polar surface area (TPSA) is 135 Å². The molecule has 0 fully saturated rings. The highest BCUT2D eigenvalue weighted by molar-refractivity contribution is 7.92. The number of rotatable bonds is 4. The fourth-order valence-electron chi connectivity index (χ4n) is 3.78. The minimum absolute atomic E-state index is 0.0252. The van der Waals surface area contributed by atoms with Crippen molar-refractivity contribution in [2.24, 2.45) is 10.7 Å². The van der Waals surface area contributed by atoms with Crippen LogP contribution < -0.4 is 14.8 Å². The van der Waals surface area contributed by atoms with Gasteiger partial charge in [0.1, 0.15) is 17.1 Å². The van der Waals surface area contributed by atoms with Crippen molar-refractivity contribution in [3.05, 3.63) is 70.7 Å². The first kappa shape index (κ1) is 27.2. The van der Waals surface area contributed by atoms with E-state index < -0.39 is 39.3 Å². The molecule has 38 heavy (non-hydrogen) atoms. The Morgan fingerprint density at radius 3 is 2.39 bits per heavy atom. The van der Waals surface area contributed by atoms with Crippen LogP contribution in [0.25, 0.3) is 11.3 Å². The van der Waals surface area contributed by atoms with Crippen molar-refractivity contribution in [3.63, 3.8) is 0 Å². The van der Waals surface area contributed by atoms with Crippen molar-refractivity contribution < 1.29 is 36.2 Å². The first-order valence-electron chi connectivity index (χ1n) is 10.9. The number of aromatic nitrogens is 1. The summed E-state index contributed by atoms with van der Waals surface area (Å²) in [4.78, 5) is 18.2. The number of nitrogens with two attached hydrogens (primary N) is 1. The Morgan fingerprint density at radius 2 is 1.82 bits per heavy atom. The van der Waals surface area contributed by atoms with Crippen molar-refractivity contribution in [2.75, 3.05) is 10.8 Å². The molecule has 1 aliphatic heterocycles. The summed E-state index contributed by atoms with van der Waals surface area (Å²) in [6.07, 6.45) is -6.02. The van der Waals surface area contributed by atoms with Gasteiger partial charge in [0, 0.05) is 11.1 Å². The largest absolute Gasteiger partial charge is 0.468 e. The third-order valence-electron chi connectivity index (χ3n) is 5.53. The number of carboxylic acid groups (broad SMARTS) is 1. The number of benzene rings is 2. The van der Waals surface area contributed by atoms with Crippen molar-refractivity contribution in [2.45, 2.75) is 30.5 Å². The van der Waals surface area contributed by atoms with Crippen LogP contribution >= 0.6 is 11.6 Å². The van der Waals surface area contributed by atoms with E-state index >= 15 is 0 Å². The Bertz CT molecular complexity index is 1560. The Labute approximate surface area is 220 Å². The van der Waals surface area contributed by atoms with E-state index in [-0.39, 0.29) is 39.3 Å². The third-order valence-corrected chi connectivity index (χ3v) is 7.60. The highest BCUT2D eigenvalue weighted by Crippen LogP contribution is 2.41. The fraction of sp³-hybridized carbons (Fsp3) is 0.208. The lowest BCUT2D eigenvalue weighted by atomic mass is 10.1. The molecule has 0 radical (unpaired) electrons. The maximum absolute atomic E-state index is 13.7. The molecular weight excluding hydrogens is 549 g/mol. The van der Waals surface area contributed by atoms with E-state index in [1.54, 1.807) is 13.8 Å². The Kier molecular flexibility index (Phi) is 6.78. The van der Waals surface area contributed by atoms with Crippen LogP contribution in [0.3, 0.4) is 0 Å². The molecule has 0 saturated heterocycles. The zero-order chi connectivity index (χ0) is 28.0. The molecule has 9 nitrogen and oxygen atoms in total. The molecular formula is C24H20ClF3N4O5S. The molecule has 0 spiro atoms. The Hall–Kier alpha value is -3.84. The zero-order valence-electron chi connectivity index (χ0n) is 19.8. The maximum atomic E-state index is 13.7. The van der Waals surface area contributed by atoms with Crippen LogP contribution in [0.15, 0.2) is 64.5 Å². The van der Waals surface area contributed by atoms with E-state index in [0.717, 1.165) is 22.5 Å². The predicted octanol–water partition coefficient (Wildman–Crippen LogP) is 5.17. The monoisotopic (exact) mass is 568 g/mol. The number of halogens is 4. The van der Waals surface area contributed by atoms with Gasteiger partial charge in [-0.05, 0) is 56.3 Å². The van der Waals surface area contributed by atoms with Gasteiger partial charge in [-0.25, -0.2) is 18.2 Å². The van der Waals surface area contributed by atoms with Crippen LogP contribution in [-0.4, -0.2) is 42.6 Å². The molecule has 2 aromatic carbocycles. The minimum Gasteiger partial charge on any atom is -0.468 e. The quantitative estimate of drug-likeness (QED) is 0.327. The average Bonchev–Trinajstić information content (AvgIpc) is 2.81. The highest BCUT2D eigenvalue weighted by atomic mass is 35.5. The van der Waals surface area contributed by atoms with Gasteiger partial charge in [0.2, 0.25) is 5.88 Å². The molecule has 0 atom stereocenters. The summed E-state index contributed by atoms with van der Waals surface area (Å²) in [7, 11) is -4.23. The van der Waals surface area contributed by atoms with Gasteiger partial charge in [-0.3, -0.25) is 4.31 Å². The number of amidine groups is 1. The second-order valence-corrected chi connectivity index (χ2v) is 11.2. The van der Waals surface area contributed by atoms with E-state index in [9.17, 15) is 26.4 Å². The standard InChI is InChI=1S/C24H20ClF3N4O5S/c1-23(2)12-32(38(35,36)15-7-8-16(17(25)11-15)20(29)31-22(33)34)19-10-9-18(30-21(19)37-23)13-3-5-14(6-4-13)24(26,27)28/h3-11H,12H2,1-2H3,(H2,29,31)(H,33,34). The summed E-state index contributed by atoms with van der Waals surface area (Å²) in [6.45, 7) is 3.22. The molecule has 0 saturated carbocycles. The molecule has 2 heterocycles. The van der Waals surface area contributed by atoms with E-state index in [0.29, 0.717) is 5.56 Å². The fourth-order valence-corrected chi connectivity index (χ4v) is 5.76. The average molecular weight is 569 g/mol. The number of pyridine rings is 1. The second-order valence-electron chi connectivity index (χ2n) is 8.89. The number of anilines is 1. The second kappa shape index (κ2) is 9.48. The predicted molar refractivity (Wildman–Crippen MR) is 134 cm³/mol. The summed E-state index contributed by atoms with van der Waals surface area (Å²) in [5, 5.41) is 8.67. The smallest absolute Gasteiger partial charge is 0.433 e. The molecule has 14 heteroatoms. The van der Waals surface area contributed by atoms with Crippen molar-refractivity contribution in [1.82, 2.24) is 4.98 Å². The van der Waals surface area contributed by atoms with Gasteiger partial charge in [-0.1, -0.05) is 23.7 Å². The van der Waals surface area contributed by atoms with Gasteiger partial charge < -0.3 is 15.6 Å². The zero-order valence-corrected chi connectivity index (χ0v) is 21.4. The van der Waals surface area contributed by atoms with E-state index in [1.165, 1.54) is 36.4 Å². The number of amides is 1. The van der Waals surface area contributed by atoms with Gasteiger partial charge in [-0.15, -0.1) is 0 Å².